The summed E-state index contributed by atoms with van der Waals surface area (Å²) in [5.41, 5.74) is 7.74. The van der Waals surface area contributed by atoms with Crippen molar-refractivity contribution < 1.29 is 0 Å². The largest absolute Gasteiger partial charge is 0.389 e. The standard InChI is InChI=1S/C16H23BrN2S/c1-11-3-2-4-12(9-11)7-8-19-15-10-13(17)5-6-14(15)16(18)20/h5-6,10-12,19H,2-4,7-9H2,1H3,(H2,18,20). The third-order valence-electron chi connectivity index (χ3n) is 4.16. The smallest absolute Gasteiger partial charge is 0.106 e. The molecule has 0 spiro atoms. The number of nitrogens with two attached hydrogens (primary N) is 1. The van der Waals surface area contributed by atoms with Crippen LogP contribution >= 0.6 is 28.1 Å². The van der Waals surface area contributed by atoms with E-state index in [1.807, 2.05) is 12.1 Å². The Kier molecular flexibility index (Phi) is 5.85. The topological polar surface area (TPSA) is 38.0 Å². The number of hydrogen-bond acceptors (Lipinski definition) is 2. The first-order valence-electron chi connectivity index (χ1n) is 7.39. The van der Waals surface area contributed by atoms with Gasteiger partial charge in [0.05, 0.1) is 0 Å². The van der Waals surface area contributed by atoms with E-state index in [0.29, 0.717) is 4.99 Å². The molecule has 2 unspecified atom stereocenters. The van der Waals surface area contributed by atoms with Crippen LogP contribution in [0.5, 0.6) is 0 Å². The van der Waals surface area contributed by atoms with Crippen LogP contribution in [0, 0.1) is 11.8 Å². The molecule has 1 aromatic carbocycles. The van der Waals surface area contributed by atoms with Crippen molar-refractivity contribution in [3.8, 4) is 0 Å². The molecule has 1 aliphatic rings. The summed E-state index contributed by atoms with van der Waals surface area (Å²) in [6.45, 7) is 3.36. The molecule has 0 aromatic heterocycles. The molecule has 0 saturated heterocycles. The van der Waals surface area contributed by atoms with Crippen molar-refractivity contribution in [2.45, 2.75) is 39.0 Å². The van der Waals surface area contributed by atoms with E-state index in [1.54, 1.807) is 0 Å². The Morgan fingerprint density at radius 2 is 2.25 bits per heavy atom. The lowest BCUT2D eigenvalue weighted by atomic mass is 9.81. The van der Waals surface area contributed by atoms with Crippen LogP contribution < -0.4 is 11.1 Å². The van der Waals surface area contributed by atoms with Crippen molar-refractivity contribution in [1.82, 2.24) is 0 Å². The number of benzene rings is 1. The number of anilines is 1. The van der Waals surface area contributed by atoms with Crippen molar-refractivity contribution in [2.75, 3.05) is 11.9 Å². The highest BCUT2D eigenvalue weighted by molar-refractivity contribution is 9.10. The van der Waals surface area contributed by atoms with Gasteiger partial charge in [-0.05, 0) is 42.9 Å². The predicted molar refractivity (Wildman–Crippen MR) is 94.3 cm³/mol. The molecule has 2 atom stereocenters. The number of thiocarbonyl (C=S) groups is 1. The highest BCUT2D eigenvalue weighted by Gasteiger charge is 2.18. The van der Waals surface area contributed by atoms with Crippen LogP contribution in [0.2, 0.25) is 0 Å². The van der Waals surface area contributed by atoms with Crippen LogP contribution in [0.25, 0.3) is 0 Å². The molecule has 1 saturated carbocycles. The first-order chi connectivity index (χ1) is 9.56. The minimum absolute atomic E-state index is 0.450. The molecule has 110 valence electrons. The highest BCUT2D eigenvalue weighted by atomic mass is 79.9. The zero-order valence-electron chi connectivity index (χ0n) is 12.0. The summed E-state index contributed by atoms with van der Waals surface area (Å²) in [6.07, 6.45) is 6.78. The minimum atomic E-state index is 0.450. The Hall–Kier alpha value is -0.610. The monoisotopic (exact) mass is 354 g/mol. The van der Waals surface area contributed by atoms with E-state index < -0.39 is 0 Å². The molecule has 0 amide bonds. The molecule has 0 radical (unpaired) electrons. The minimum Gasteiger partial charge on any atom is -0.389 e. The van der Waals surface area contributed by atoms with Gasteiger partial charge in [0.2, 0.25) is 0 Å². The molecular weight excluding hydrogens is 332 g/mol. The highest BCUT2D eigenvalue weighted by Crippen LogP contribution is 2.31. The summed E-state index contributed by atoms with van der Waals surface area (Å²) in [6, 6.07) is 6.00. The second-order valence-electron chi connectivity index (χ2n) is 5.91. The van der Waals surface area contributed by atoms with Crippen LogP contribution in [-0.2, 0) is 0 Å². The zero-order chi connectivity index (χ0) is 14.5. The van der Waals surface area contributed by atoms with E-state index in [1.165, 1.54) is 32.1 Å². The van der Waals surface area contributed by atoms with Gasteiger partial charge in [0, 0.05) is 22.3 Å². The van der Waals surface area contributed by atoms with Crippen molar-refractivity contribution in [1.29, 1.82) is 0 Å². The van der Waals surface area contributed by atoms with Crippen LogP contribution in [0.3, 0.4) is 0 Å². The lowest BCUT2D eigenvalue weighted by molar-refractivity contribution is 0.274. The molecule has 1 aromatic rings. The maximum atomic E-state index is 5.77. The Morgan fingerprint density at radius 1 is 1.45 bits per heavy atom. The average Bonchev–Trinajstić information content (AvgIpc) is 2.38. The maximum absolute atomic E-state index is 5.77. The molecule has 0 aliphatic heterocycles. The fraction of sp³-hybridized carbons (Fsp3) is 0.562. The van der Waals surface area contributed by atoms with E-state index in [4.69, 9.17) is 18.0 Å². The van der Waals surface area contributed by atoms with E-state index >= 15 is 0 Å². The molecule has 20 heavy (non-hydrogen) atoms. The van der Waals surface area contributed by atoms with Gasteiger partial charge in [-0.15, -0.1) is 0 Å². The Labute approximate surface area is 135 Å². The number of rotatable bonds is 5. The van der Waals surface area contributed by atoms with Crippen molar-refractivity contribution in [3.05, 3.63) is 28.2 Å². The third-order valence-corrected chi connectivity index (χ3v) is 4.87. The molecule has 2 nitrogen and oxygen atoms in total. The first kappa shape index (κ1) is 15.8. The third kappa shape index (κ3) is 4.45. The molecule has 2 rings (SSSR count). The molecule has 1 fully saturated rings. The summed E-state index contributed by atoms with van der Waals surface area (Å²) in [5, 5.41) is 3.50. The van der Waals surface area contributed by atoms with E-state index in [-0.39, 0.29) is 0 Å². The summed E-state index contributed by atoms with van der Waals surface area (Å²) in [4.78, 5) is 0.450. The van der Waals surface area contributed by atoms with Gasteiger partial charge >= 0.3 is 0 Å². The van der Waals surface area contributed by atoms with Crippen LogP contribution in [0.1, 0.15) is 44.6 Å². The van der Waals surface area contributed by atoms with Crippen LogP contribution in [0.4, 0.5) is 5.69 Å². The molecule has 0 bridgehead atoms. The second-order valence-corrected chi connectivity index (χ2v) is 7.26. The second kappa shape index (κ2) is 7.41. The summed E-state index contributed by atoms with van der Waals surface area (Å²) in [5.74, 6) is 1.76. The maximum Gasteiger partial charge on any atom is 0.106 e. The molecule has 1 aliphatic carbocycles. The SMILES string of the molecule is CC1CCCC(CCNc2cc(Br)ccc2C(N)=S)C1. The molecule has 3 N–H and O–H groups in total. The van der Waals surface area contributed by atoms with Gasteiger partial charge in [-0.1, -0.05) is 54.3 Å². The molecule has 0 heterocycles. The Balaban J connectivity index is 1.90. The van der Waals surface area contributed by atoms with Crippen molar-refractivity contribution >= 4 is 38.8 Å². The number of halogens is 1. The molecule has 4 heteroatoms. The summed E-state index contributed by atoms with van der Waals surface area (Å²) < 4.78 is 1.05. The van der Waals surface area contributed by atoms with E-state index in [9.17, 15) is 0 Å². The van der Waals surface area contributed by atoms with Gasteiger partial charge in [-0.25, -0.2) is 0 Å². The van der Waals surface area contributed by atoms with Crippen molar-refractivity contribution in [2.24, 2.45) is 17.6 Å². The zero-order valence-corrected chi connectivity index (χ0v) is 14.4. The van der Waals surface area contributed by atoms with E-state index in [0.717, 1.165) is 34.1 Å². The quantitative estimate of drug-likeness (QED) is 0.751. The normalized spacial score (nSPS) is 22.5. The van der Waals surface area contributed by atoms with Gasteiger partial charge in [0.1, 0.15) is 4.99 Å². The van der Waals surface area contributed by atoms with Crippen molar-refractivity contribution in [3.63, 3.8) is 0 Å². The molecular formula is C16H23BrN2S. The van der Waals surface area contributed by atoms with Crippen LogP contribution in [-0.4, -0.2) is 11.5 Å². The first-order valence-corrected chi connectivity index (χ1v) is 8.59. The predicted octanol–water partition coefficient (Wildman–Crippen LogP) is 4.71. The Bertz CT molecular complexity index is 476. The number of hydrogen-bond donors (Lipinski definition) is 2. The number of nitrogens with one attached hydrogen (secondary N) is 1. The lowest BCUT2D eigenvalue weighted by Crippen LogP contribution is -2.18. The summed E-state index contributed by atoms with van der Waals surface area (Å²) in [7, 11) is 0. The van der Waals surface area contributed by atoms with Crippen LogP contribution in [0.15, 0.2) is 22.7 Å². The van der Waals surface area contributed by atoms with Gasteiger partial charge in [0.15, 0.2) is 0 Å². The van der Waals surface area contributed by atoms with Gasteiger partial charge < -0.3 is 11.1 Å². The van der Waals surface area contributed by atoms with Gasteiger partial charge in [-0.2, -0.15) is 0 Å². The summed E-state index contributed by atoms with van der Waals surface area (Å²) >= 11 is 8.60. The van der Waals surface area contributed by atoms with Gasteiger partial charge in [-0.3, -0.25) is 0 Å². The Morgan fingerprint density at radius 3 is 2.95 bits per heavy atom. The average molecular weight is 355 g/mol. The van der Waals surface area contributed by atoms with E-state index in [2.05, 4.69) is 34.2 Å². The lowest BCUT2D eigenvalue weighted by Gasteiger charge is -2.27. The fourth-order valence-electron chi connectivity index (χ4n) is 3.11. The fourth-order valence-corrected chi connectivity index (χ4v) is 3.65. The van der Waals surface area contributed by atoms with Gasteiger partial charge in [0.25, 0.3) is 0 Å².